The lowest BCUT2D eigenvalue weighted by atomic mass is 9.94. The molecule has 0 heterocycles. The second-order valence-electron chi connectivity index (χ2n) is 3.29. The van der Waals surface area contributed by atoms with Crippen molar-refractivity contribution >= 4 is 0 Å². The van der Waals surface area contributed by atoms with Gasteiger partial charge in [0, 0.05) is 0 Å². The predicted octanol–water partition coefficient (Wildman–Crippen LogP) is 4.75. The van der Waals surface area contributed by atoms with E-state index in [1.165, 1.54) is 11.1 Å². The van der Waals surface area contributed by atoms with Gasteiger partial charge in [0.1, 0.15) is 0 Å². The van der Waals surface area contributed by atoms with Crippen LogP contribution in [0.25, 0.3) is 0 Å². The van der Waals surface area contributed by atoms with Gasteiger partial charge < -0.3 is 0 Å². The molecular formula is C15H20. The Morgan fingerprint density at radius 2 is 1.60 bits per heavy atom. The van der Waals surface area contributed by atoms with Crippen LogP contribution in [0.1, 0.15) is 20.8 Å². The highest BCUT2D eigenvalue weighted by molar-refractivity contribution is 5.54. The average Bonchev–Trinajstić information content (AvgIpc) is 2.24. The van der Waals surface area contributed by atoms with Crippen LogP contribution in [0.5, 0.6) is 0 Å². The van der Waals surface area contributed by atoms with Crippen LogP contribution >= 0.6 is 0 Å². The molecule has 0 N–H and O–H groups in total. The minimum absolute atomic E-state index is 1.13. The summed E-state index contributed by atoms with van der Waals surface area (Å²) >= 11 is 0. The molecule has 0 spiro atoms. The van der Waals surface area contributed by atoms with Crippen molar-refractivity contribution in [1.29, 1.82) is 0 Å². The molecule has 0 aliphatic rings. The van der Waals surface area contributed by atoms with Crippen molar-refractivity contribution < 1.29 is 0 Å². The smallest absolute Gasteiger partial charge is 0.0161 e. The molecule has 80 valence electrons. The van der Waals surface area contributed by atoms with Crippen LogP contribution in [0.4, 0.5) is 0 Å². The Hall–Kier alpha value is -1.56. The second-order valence-corrected chi connectivity index (χ2v) is 3.29. The first-order valence-electron chi connectivity index (χ1n) is 5.04. The third-order valence-corrected chi connectivity index (χ3v) is 2.31. The standard InChI is InChI=1S/C15H20/c1-7-11-13(6)15(10-4)14(9-3)12(5)8-2/h7-11H,1-3H2,4-6H3/b13-11-,14-12+,15-10+. The lowest BCUT2D eigenvalue weighted by molar-refractivity contribution is 1.31. The van der Waals surface area contributed by atoms with Gasteiger partial charge >= 0.3 is 0 Å². The summed E-state index contributed by atoms with van der Waals surface area (Å²) in [5.41, 5.74) is 4.63. The van der Waals surface area contributed by atoms with Crippen molar-refractivity contribution in [3.05, 3.63) is 72.4 Å². The molecule has 0 nitrogen and oxygen atoms in total. The zero-order valence-corrected chi connectivity index (χ0v) is 10.0. The van der Waals surface area contributed by atoms with Crippen molar-refractivity contribution in [2.75, 3.05) is 0 Å². The molecule has 0 amide bonds. The van der Waals surface area contributed by atoms with Gasteiger partial charge in [0.05, 0.1) is 0 Å². The fourth-order valence-corrected chi connectivity index (χ4v) is 1.46. The molecule has 0 heteroatoms. The monoisotopic (exact) mass is 200 g/mol. The lowest BCUT2D eigenvalue weighted by Gasteiger charge is -2.11. The molecular weight excluding hydrogens is 180 g/mol. The van der Waals surface area contributed by atoms with Crippen molar-refractivity contribution in [3.8, 4) is 0 Å². The third kappa shape index (κ3) is 3.59. The molecule has 0 atom stereocenters. The molecule has 0 aromatic rings. The van der Waals surface area contributed by atoms with Gasteiger partial charge in [-0.25, -0.2) is 0 Å². The molecule has 0 unspecified atom stereocenters. The quantitative estimate of drug-likeness (QED) is 0.562. The van der Waals surface area contributed by atoms with Crippen LogP contribution < -0.4 is 0 Å². The Bertz CT molecular complexity index is 346. The average molecular weight is 200 g/mol. The Morgan fingerprint density at radius 3 is 1.93 bits per heavy atom. The summed E-state index contributed by atoms with van der Waals surface area (Å²) in [6.45, 7) is 17.4. The van der Waals surface area contributed by atoms with Crippen molar-refractivity contribution in [2.24, 2.45) is 0 Å². The summed E-state index contributed by atoms with van der Waals surface area (Å²) in [7, 11) is 0. The first kappa shape index (κ1) is 13.4. The van der Waals surface area contributed by atoms with Crippen LogP contribution in [-0.4, -0.2) is 0 Å². The predicted molar refractivity (Wildman–Crippen MR) is 70.8 cm³/mol. The summed E-state index contributed by atoms with van der Waals surface area (Å²) in [5, 5.41) is 0. The van der Waals surface area contributed by atoms with Crippen molar-refractivity contribution in [1.82, 2.24) is 0 Å². The van der Waals surface area contributed by atoms with Gasteiger partial charge in [0.25, 0.3) is 0 Å². The maximum absolute atomic E-state index is 3.84. The van der Waals surface area contributed by atoms with Crippen LogP contribution in [0.3, 0.4) is 0 Å². The van der Waals surface area contributed by atoms with E-state index < -0.39 is 0 Å². The van der Waals surface area contributed by atoms with Gasteiger partial charge in [-0.15, -0.1) is 0 Å². The van der Waals surface area contributed by atoms with E-state index in [9.17, 15) is 0 Å². The molecule has 0 bridgehead atoms. The fraction of sp³-hybridized carbons (Fsp3) is 0.200. The van der Waals surface area contributed by atoms with Crippen molar-refractivity contribution in [2.45, 2.75) is 20.8 Å². The van der Waals surface area contributed by atoms with Crippen molar-refractivity contribution in [3.63, 3.8) is 0 Å². The highest BCUT2D eigenvalue weighted by Gasteiger charge is 2.04. The molecule has 0 rings (SSSR count). The van der Waals surface area contributed by atoms with Gasteiger partial charge in [-0.05, 0) is 43.1 Å². The maximum Gasteiger partial charge on any atom is -0.0161 e. The molecule has 0 aliphatic carbocycles. The van der Waals surface area contributed by atoms with E-state index in [0.717, 1.165) is 11.1 Å². The first-order valence-corrected chi connectivity index (χ1v) is 5.04. The largest absolute Gasteiger partial charge is 0.0991 e. The molecule has 0 aromatic carbocycles. The molecule has 0 aromatic heterocycles. The highest BCUT2D eigenvalue weighted by Crippen LogP contribution is 2.23. The molecule has 0 fully saturated rings. The van der Waals surface area contributed by atoms with Crippen LogP contribution in [0, 0.1) is 0 Å². The van der Waals surface area contributed by atoms with E-state index in [0.29, 0.717) is 0 Å². The van der Waals surface area contributed by atoms with Gasteiger partial charge in [0.15, 0.2) is 0 Å². The SMILES string of the molecule is C=C\C=C(C)/C(=C\C)C(/C=C)=C(\C)C=C. The highest BCUT2D eigenvalue weighted by atomic mass is 14.1. The summed E-state index contributed by atoms with van der Waals surface area (Å²) in [4.78, 5) is 0. The van der Waals surface area contributed by atoms with Crippen LogP contribution in [-0.2, 0) is 0 Å². The molecule has 0 aliphatic heterocycles. The Morgan fingerprint density at radius 1 is 1.00 bits per heavy atom. The minimum atomic E-state index is 1.13. The lowest BCUT2D eigenvalue weighted by Crippen LogP contribution is -1.91. The zero-order valence-electron chi connectivity index (χ0n) is 10.0. The van der Waals surface area contributed by atoms with Gasteiger partial charge in [-0.3, -0.25) is 0 Å². The van der Waals surface area contributed by atoms with E-state index >= 15 is 0 Å². The van der Waals surface area contributed by atoms with Gasteiger partial charge in [-0.2, -0.15) is 0 Å². The van der Waals surface area contributed by atoms with E-state index in [2.05, 4.69) is 32.7 Å². The maximum atomic E-state index is 3.84. The Labute approximate surface area is 93.7 Å². The zero-order chi connectivity index (χ0) is 11.8. The minimum Gasteiger partial charge on any atom is -0.0991 e. The molecule has 0 radical (unpaired) electrons. The Kier molecular flexibility index (Phi) is 6.12. The van der Waals surface area contributed by atoms with Crippen LogP contribution in [0.2, 0.25) is 0 Å². The first-order chi connectivity index (χ1) is 7.12. The normalized spacial score (nSPS) is 14.3. The van der Waals surface area contributed by atoms with E-state index in [-0.39, 0.29) is 0 Å². The molecule has 15 heavy (non-hydrogen) atoms. The van der Waals surface area contributed by atoms with Gasteiger partial charge in [0.2, 0.25) is 0 Å². The summed E-state index contributed by atoms with van der Waals surface area (Å²) in [6.07, 6.45) is 9.59. The fourth-order valence-electron chi connectivity index (χ4n) is 1.46. The van der Waals surface area contributed by atoms with Crippen LogP contribution in [0.15, 0.2) is 72.4 Å². The second kappa shape index (κ2) is 6.83. The van der Waals surface area contributed by atoms with Gasteiger partial charge in [-0.1, -0.05) is 50.1 Å². The number of hydrogen-bond donors (Lipinski definition) is 0. The summed E-state index contributed by atoms with van der Waals surface area (Å²) in [6, 6.07) is 0. The number of allylic oxidation sites excluding steroid dienone is 9. The molecule has 0 saturated carbocycles. The third-order valence-electron chi connectivity index (χ3n) is 2.31. The number of hydrogen-bond acceptors (Lipinski definition) is 0. The van der Waals surface area contributed by atoms with E-state index in [4.69, 9.17) is 0 Å². The number of rotatable bonds is 5. The summed E-state index contributed by atoms with van der Waals surface area (Å²) < 4.78 is 0. The molecule has 0 saturated heterocycles. The topological polar surface area (TPSA) is 0 Å². The van der Waals surface area contributed by atoms with E-state index in [1.807, 2.05) is 32.1 Å². The van der Waals surface area contributed by atoms with E-state index in [1.54, 1.807) is 6.08 Å². The summed E-state index contributed by atoms with van der Waals surface area (Å²) in [5.74, 6) is 0. The Balaban J connectivity index is 5.50.